The first kappa shape index (κ1) is 17.8. The molecule has 8 heteroatoms. The lowest BCUT2D eigenvalue weighted by Gasteiger charge is -2.40. The molecule has 0 unspecified atom stereocenters. The molecule has 5 rings (SSSR count). The van der Waals surface area contributed by atoms with Gasteiger partial charge in [0.15, 0.2) is 0 Å². The Morgan fingerprint density at radius 2 is 1.79 bits per heavy atom. The molecule has 6 nitrogen and oxygen atoms in total. The number of nitrogens with one attached hydrogen (secondary N) is 2. The summed E-state index contributed by atoms with van der Waals surface area (Å²) in [5.41, 5.74) is 1.30. The Hall–Kier alpha value is -2.32. The molecule has 146 valence electrons. The molecule has 3 aromatic rings. The smallest absolute Gasteiger partial charge is 0.239 e. The van der Waals surface area contributed by atoms with Gasteiger partial charge in [0, 0.05) is 46.0 Å². The summed E-state index contributed by atoms with van der Waals surface area (Å²) in [5.74, 6) is -0.171. The highest BCUT2D eigenvalue weighted by molar-refractivity contribution is 7.89. The maximum absolute atomic E-state index is 12.5. The number of rotatable bonds is 2. The van der Waals surface area contributed by atoms with Gasteiger partial charge in [-0.15, -0.1) is 11.3 Å². The SMILES string of the molecule is CN1C(=N)N[C@](C)(c2ccc3sc4ccc(N5CCC5)cc4c3c2)CS1(=O)=O. The first-order valence-corrected chi connectivity index (χ1v) is 11.7. The van der Waals surface area contributed by atoms with Crippen LogP contribution in [0.4, 0.5) is 5.69 Å². The number of fused-ring (bicyclic) bond motifs is 3. The minimum Gasteiger partial charge on any atom is -0.371 e. The van der Waals surface area contributed by atoms with Crippen molar-refractivity contribution in [3.8, 4) is 0 Å². The fourth-order valence-corrected chi connectivity index (χ4v) is 6.56. The van der Waals surface area contributed by atoms with Crippen LogP contribution in [0, 0.1) is 5.41 Å². The van der Waals surface area contributed by atoms with Crippen molar-refractivity contribution in [2.45, 2.75) is 18.9 Å². The fourth-order valence-electron chi connectivity index (χ4n) is 4.01. The Kier molecular flexibility index (Phi) is 3.70. The molecule has 0 aliphatic carbocycles. The molecule has 28 heavy (non-hydrogen) atoms. The van der Waals surface area contributed by atoms with Crippen LogP contribution >= 0.6 is 11.3 Å². The van der Waals surface area contributed by atoms with Crippen LogP contribution in [-0.4, -0.2) is 44.6 Å². The quantitative estimate of drug-likeness (QED) is 0.675. The summed E-state index contributed by atoms with van der Waals surface area (Å²) in [7, 11) is -2.11. The monoisotopic (exact) mass is 414 g/mol. The van der Waals surface area contributed by atoms with Gasteiger partial charge in [0.05, 0.1) is 11.3 Å². The van der Waals surface area contributed by atoms with Crippen LogP contribution in [0.1, 0.15) is 18.9 Å². The Balaban J connectivity index is 1.64. The Labute approximate surface area is 168 Å². The number of nitrogens with zero attached hydrogens (tertiary/aromatic N) is 2. The predicted molar refractivity (Wildman–Crippen MR) is 116 cm³/mol. The number of sulfonamides is 1. The summed E-state index contributed by atoms with van der Waals surface area (Å²) in [4.78, 5) is 2.38. The van der Waals surface area contributed by atoms with Gasteiger partial charge < -0.3 is 10.2 Å². The number of hydrogen-bond acceptors (Lipinski definition) is 5. The predicted octanol–water partition coefficient (Wildman–Crippen LogP) is 3.28. The molecule has 2 aliphatic heterocycles. The van der Waals surface area contributed by atoms with Crippen LogP contribution in [0.3, 0.4) is 0 Å². The van der Waals surface area contributed by atoms with Gasteiger partial charge in [0.1, 0.15) is 0 Å². The molecule has 2 saturated heterocycles. The molecule has 3 heterocycles. The van der Waals surface area contributed by atoms with Gasteiger partial charge in [-0.05, 0) is 49.2 Å². The van der Waals surface area contributed by atoms with Crippen molar-refractivity contribution in [3.05, 3.63) is 42.0 Å². The van der Waals surface area contributed by atoms with Gasteiger partial charge in [0.25, 0.3) is 0 Å². The van der Waals surface area contributed by atoms with Gasteiger partial charge in [-0.3, -0.25) is 5.41 Å². The minimum absolute atomic E-state index is 0.0779. The van der Waals surface area contributed by atoms with E-state index in [9.17, 15) is 8.42 Å². The number of anilines is 1. The Morgan fingerprint density at radius 3 is 2.43 bits per heavy atom. The topological polar surface area (TPSA) is 76.5 Å². The van der Waals surface area contributed by atoms with Crippen molar-refractivity contribution in [2.75, 3.05) is 30.8 Å². The number of hydrogen-bond donors (Lipinski definition) is 2. The summed E-state index contributed by atoms with van der Waals surface area (Å²) in [6.45, 7) is 4.07. The van der Waals surface area contributed by atoms with E-state index < -0.39 is 15.6 Å². The maximum Gasteiger partial charge on any atom is 0.239 e. The van der Waals surface area contributed by atoms with Gasteiger partial charge in [-0.2, -0.15) is 0 Å². The zero-order valence-corrected chi connectivity index (χ0v) is 17.5. The molecule has 2 aromatic carbocycles. The lowest BCUT2D eigenvalue weighted by molar-refractivity contribution is 0.419. The van der Waals surface area contributed by atoms with Crippen LogP contribution in [0.25, 0.3) is 20.2 Å². The maximum atomic E-state index is 12.5. The molecule has 0 saturated carbocycles. The lowest BCUT2D eigenvalue weighted by atomic mass is 9.92. The van der Waals surface area contributed by atoms with Crippen LogP contribution < -0.4 is 10.2 Å². The molecule has 0 spiro atoms. The van der Waals surface area contributed by atoms with E-state index >= 15 is 0 Å². The standard InChI is InChI=1S/C20H22N4O2S2/c1-20(12-28(25,26)23(2)19(21)22-20)13-4-6-17-15(10-13)16-11-14(24-8-3-9-24)5-7-18(16)27-17/h4-7,10-11H,3,8-9,12H2,1-2H3,(H2,21,22)/t20-/m0/s1. The fraction of sp³-hybridized carbons (Fsp3) is 0.350. The van der Waals surface area contributed by atoms with Crippen molar-refractivity contribution in [1.82, 2.24) is 9.62 Å². The van der Waals surface area contributed by atoms with E-state index in [2.05, 4.69) is 40.5 Å². The third kappa shape index (κ3) is 2.58. The Morgan fingerprint density at radius 1 is 1.11 bits per heavy atom. The van der Waals surface area contributed by atoms with Gasteiger partial charge in [-0.25, -0.2) is 12.7 Å². The minimum atomic E-state index is -3.52. The number of guanidine groups is 1. The average molecular weight is 415 g/mol. The molecule has 0 bridgehead atoms. The third-order valence-electron chi connectivity index (χ3n) is 5.91. The molecule has 2 aliphatic rings. The van der Waals surface area contributed by atoms with E-state index in [0.717, 1.165) is 28.3 Å². The zero-order chi connectivity index (χ0) is 19.7. The molecule has 0 amide bonds. The van der Waals surface area contributed by atoms with E-state index in [1.807, 2.05) is 13.0 Å². The Bertz CT molecular complexity index is 1230. The number of benzene rings is 2. The van der Waals surface area contributed by atoms with E-state index in [1.54, 1.807) is 11.3 Å². The van der Waals surface area contributed by atoms with E-state index in [1.165, 1.54) is 33.9 Å². The van der Waals surface area contributed by atoms with Crippen LogP contribution in [0.15, 0.2) is 36.4 Å². The zero-order valence-electron chi connectivity index (χ0n) is 15.8. The highest BCUT2D eigenvalue weighted by Gasteiger charge is 2.41. The third-order valence-corrected chi connectivity index (χ3v) is 9.02. The molecule has 1 atom stereocenters. The summed E-state index contributed by atoms with van der Waals surface area (Å²) < 4.78 is 28.4. The van der Waals surface area contributed by atoms with Crippen molar-refractivity contribution in [2.24, 2.45) is 0 Å². The van der Waals surface area contributed by atoms with E-state index in [0.29, 0.717) is 0 Å². The molecular formula is C20H22N4O2S2. The normalized spacial score (nSPS) is 24.4. The highest BCUT2D eigenvalue weighted by Crippen LogP contribution is 2.39. The van der Waals surface area contributed by atoms with Gasteiger partial charge in [-0.1, -0.05) is 6.07 Å². The highest BCUT2D eigenvalue weighted by atomic mass is 32.2. The summed E-state index contributed by atoms with van der Waals surface area (Å²) in [6, 6.07) is 12.8. The second-order valence-corrected chi connectivity index (χ2v) is 10.9. The van der Waals surface area contributed by atoms with Crippen LogP contribution in [-0.2, 0) is 15.6 Å². The lowest BCUT2D eigenvalue weighted by Crippen LogP contribution is -2.60. The average Bonchev–Trinajstić information content (AvgIpc) is 2.95. The molecule has 0 radical (unpaired) electrons. The van der Waals surface area contributed by atoms with Crippen LogP contribution in [0.5, 0.6) is 0 Å². The molecule has 2 fully saturated rings. The van der Waals surface area contributed by atoms with E-state index in [-0.39, 0.29) is 11.7 Å². The first-order chi connectivity index (χ1) is 13.3. The molecule has 2 N–H and O–H groups in total. The van der Waals surface area contributed by atoms with Crippen molar-refractivity contribution < 1.29 is 8.42 Å². The second-order valence-electron chi connectivity index (χ2n) is 7.86. The molecule has 1 aromatic heterocycles. The molecular weight excluding hydrogens is 392 g/mol. The van der Waals surface area contributed by atoms with Crippen molar-refractivity contribution in [3.63, 3.8) is 0 Å². The van der Waals surface area contributed by atoms with E-state index in [4.69, 9.17) is 5.41 Å². The summed E-state index contributed by atoms with van der Waals surface area (Å²) >= 11 is 1.76. The second kappa shape index (κ2) is 5.84. The van der Waals surface area contributed by atoms with Gasteiger partial charge >= 0.3 is 0 Å². The first-order valence-electron chi connectivity index (χ1n) is 9.32. The van der Waals surface area contributed by atoms with Crippen molar-refractivity contribution >= 4 is 53.2 Å². The van der Waals surface area contributed by atoms with Crippen LogP contribution in [0.2, 0.25) is 0 Å². The summed E-state index contributed by atoms with van der Waals surface area (Å²) in [6.07, 6.45) is 1.24. The summed E-state index contributed by atoms with van der Waals surface area (Å²) in [5, 5.41) is 13.5. The van der Waals surface area contributed by atoms with Gasteiger partial charge in [0.2, 0.25) is 16.0 Å². The van der Waals surface area contributed by atoms with Crippen molar-refractivity contribution in [1.29, 1.82) is 5.41 Å². The largest absolute Gasteiger partial charge is 0.371 e. The number of thiophene rings is 1.